The highest BCUT2D eigenvalue weighted by molar-refractivity contribution is 5.48. The van der Waals surface area contributed by atoms with Crippen molar-refractivity contribution in [3.05, 3.63) is 36.5 Å². The maximum absolute atomic E-state index is 4.57. The molecular weight excluding hydrogens is 250 g/mol. The van der Waals surface area contributed by atoms with Gasteiger partial charge < -0.3 is 14.8 Å². The van der Waals surface area contributed by atoms with Crippen LogP contribution in [-0.2, 0) is 13.6 Å². The number of aromatic nitrogens is 3. The van der Waals surface area contributed by atoms with E-state index in [1.807, 2.05) is 30.3 Å². The molecule has 0 aromatic carbocycles. The number of aryl methyl sites for hydroxylation is 1. The van der Waals surface area contributed by atoms with Crippen LogP contribution in [0, 0.1) is 0 Å². The van der Waals surface area contributed by atoms with Crippen molar-refractivity contribution in [2.45, 2.75) is 25.8 Å². The molecule has 0 bridgehead atoms. The maximum Gasteiger partial charge on any atom is 0.128 e. The van der Waals surface area contributed by atoms with E-state index in [-0.39, 0.29) is 0 Å². The minimum absolute atomic E-state index is 0.765. The highest BCUT2D eigenvalue weighted by atomic mass is 15.2. The molecule has 0 spiro atoms. The third-order valence-electron chi connectivity index (χ3n) is 3.82. The van der Waals surface area contributed by atoms with Gasteiger partial charge in [-0.3, -0.25) is 0 Å². The average molecular weight is 271 g/mol. The van der Waals surface area contributed by atoms with E-state index in [4.69, 9.17) is 0 Å². The van der Waals surface area contributed by atoms with Gasteiger partial charge in [0.05, 0.1) is 30.5 Å². The minimum Gasteiger partial charge on any atom is -0.378 e. The monoisotopic (exact) mass is 271 g/mol. The van der Waals surface area contributed by atoms with Gasteiger partial charge in [-0.1, -0.05) is 0 Å². The molecule has 3 heterocycles. The smallest absolute Gasteiger partial charge is 0.128 e. The molecule has 2 aromatic rings. The Morgan fingerprint density at radius 1 is 1.15 bits per heavy atom. The zero-order valence-corrected chi connectivity index (χ0v) is 11.9. The Hall–Kier alpha value is -2.04. The van der Waals surface area contributed by atoms with Gasteiger partial charge in [0.1, 0.15) is 5.82 Å². The van der Waals surface area contributed by atoms with E-state index in [0.29, 0.717) is 0 Å². The lowest BCUT2D eigenvalue weighted by Crippen LogP contribution is -2.30. The van der Waals surface area contributed by atoms with Crippen molar-refractivity contribution in [3.8, 4) is 0 Å². The predicted octanol–water partition coefficient (Wildman–Crippen LogP) is 2.42. The van der Waals surface area contributed by atoms with E-state index in [9.17, 15) is 0 Å². The van der Waals surface area contributed by atoms with Gasteiger partial charge in [-0.25, -0.2) is 9.97 Å². The first-order valence-corrected chi connectivity index (χ1v) is 7.23. The number of hydrogen-bond donors (Lipinski definition) is 1. The third-order valence-corrected chi connectivity index (χ3v) is 3.82. The zero-order chi connectivity index (χ0) is 13.8. The Morgan fingerprint density at radius 3 is 2.65 bits per heavy atom. The van der Waals surface area contributed by atoms with Crippen molar-refractivity contribution < 1.29 is 0 Å². The maximum atomic E-state index is 4.57. The van der Waals surface area contributed by atoms with Crippen LogP contribution < -0.4 is 10.2 Å². The van der Waals surface area contributed by atoms with Gasteiger partial charge in [-0.2, -0.15) is 0 Å². The Kier molecular flexibility index (Phi) is 3.85. The number of pyridine rings is 1. The molecule has 1 fully saturated rings. The van der Waals surface area contributed by atoms with Crippen LogP contribution >= 0.6 is 0 Å². The number of rotatable bonds is 4. The Labute approximate surface area is 119 Å². The largest absolute Gasteiger partial charge is 0.378 e. The van der Waals surface area contributed by atoms with Gasteiger partial charge in [0.15, 0.2) is 0 Å². The average Bonchev–Trinajstić information content (AvgIpc) is 2.92. The van der Waals surface area contributed by atoms with Crippen LogP contribution in [0.25, 0.3) is 0 Å². The first-order valence-electron chi connectivity index (χ1n) is 7.23. The van der Waals surface area contributed by atoms with Crippen LogP contribution in [-0.4, -0.2) is 27.6 Å². The number of nitrogens with zero attached hydrogens (tertiary/aromatic N) is 4. The lowest BCUT2D eigenvalue weighted by Gasteiger charge is -2.27. The second-order valence-corrected chi connectivity index (χ2v) is 5.30. The van der Waals surface area contributed by atoms with Crippen molar-refractivity contribution in [2.75, 3.05) is 23.3 Å². The number of anilines is 2. The van der Waals surface area contributed by atoms with Crippen molar-refractivity contribution in [1.29, 1.82) is 0 Å². The zero-order valence-electron chi connectivity index (χ0n) is 11.9. The normalized spacial score (nSPS) is 15.3. The van der Waals surface area contributed by atoms with Gasteiger partial charge in [-0.15, -0.1) is 0 Å². The van der Waals surface area contributed by atoms with Crippen molar-refractivity contribution >= 4 is 11.5 Å². The Morgan fingerprint density at radius 2 is 2.00 bits per heavy atom. The number of imidazole rings is 1. The number of hydrogen-bond acceptors (Lipinski definition) is 4. The highest BCUT2D eigenvalue weighted by Gasteiger charge is 2.11. The molecule has 1 N–H and O–H groups in total. The van der Waals surface area contributed by atoms with E-state index in [0.717, 1.165) is 36.8 Å². The SMILES string of the molecule is Cn1cncc1CNc1ccc(N2CCCCC2)nc1. The molecule has 0 saturated carbocycles. The van der Waals surface area contributed by atoms with Crippen LogP contribution in [0.15, 0.2) is 30.9 Å². The molecular formula is C15H21N5. The molecule has 0 amide bonds. The fraction of sp³-hybridized carbons (Fsp3) is 0.467. The summed E-state index contributed by atoms with van der Waals surface area (Å²) in [7, 11) is 2.00. The molecule has 1 saturated heterocycles. The summed E-state index contributed by atoms with van der Waals surface area (Å²) in [6.45, 7) is 3.03. The number of nitrogens with one attached hydrogen (secondary N) is 1. The lowest BCUT2D eigenvalue weighted by molar-refractivity contribution is 0.573. The first-order chi connectivity index (χ1) is 9.83. The second-order valence-electron chi connectivity index (χ2n) is 5.30. The van der Waals surface area contributed by atoms with Crippen molar-refractivity contribution in [3.63, 3.8) is 0 Å². The Balaban J connectivity index is 1.59. The van der Waals surface area contributed by atoms with E-state index >= 15 is 0 Å². The van der Waals surface area contributed by atoms with E-state index in [1.165, 1.54) is 19.3 Å². The van der Waals surface area contributed by atoms with Crippen LogP contribution in [0.2, 0.25) is 0 Å². The fourth-order valence-electron chi connectivity index (χ4n) is 2.55. The van der Waals surface area contributed by atoms with Gasteiger partial charge in [0, 0.05) is 26.3 Å². The Bertz CT molecular complexity index is 540. The summed E-state index contributed by atoms with van der Waals surface area (Å²) in [5.41, 5.74) is 2.21. The molecule has 5 nitrogen and oxygen atoms in total. The van der Waals surface area contributed by atoms with Gasteiger partial charge in [-0.05, 0) is 31.4 Å². The molecule has 106 valence electrons. The number of piperidine rings is 1. The van der Waals surface area contributed by atoms with Gasteiger partial charge in [0.2, 0.25) is 0 Å². The predicted molar refractivity (Wildman–Crippen MR) is 80.8 cm³/mol. The fourth-order valence-corrected chi connectivity index (χ4v) is 2.55. The third kappa shape index (κ3) is 2.92. The summed E-state index contributed by atoms with van der Waals surface area (Å²) in [5.74, 6) is 1.09. The highest BCUT2D eigenvalue weighted by Crippen LogP contribution is 2.19. The van der Waals surface area contributed by atoms with E-state index < -0.39 is 0 Å². The quantitative estimate of drug-likeness (QED) is 0.927. The molecule has 0 unspecified atom stereocenters. The first kappa shape index (κ1) is 13.0. The summed E-state index contributed by atoms with van der Waals surface area (Å²) in [6.07, 6.45) is 9.52. The summed E-state index contributed by atoms with van der Waals surface area (Å²) < 4.78 is 2.02. The summed E-state index contributed by atoms with van der Waals surface area (Å²) in [5, 5.41) is 3.38. The van der Waals surface area contributed by atoms with Crippen LogP contribution in [0.5, 0.6) is 0 Å². The van der Waals surface area contributed by atoms with Gasteiger partial charge >= 0.3 is 0 Å². The summed E-state index contributed by atoms with van der Waals surface area (Å²) in [6, 6.07) is 4.21. The van der Waals surface area contributed by atoms with Crippen molar-refractivity contribution in [1.82, 2.24) is 14.5 Å². The molecule has 0 radical (unpaired) electrons. The molecule has 1 aliphatic heterocycles. The molecule has 2 aromatic heterocycles. The molecule has 3 rings (SSSR count). The second kappa shape index (κ2) is 5.94. The van der Waals surface area contributed by atoms with Crippen LogP contribution in [0.3, 0.4) is 0 Å². The molecule has 0 aliphatic carbocycles. The molecule has 20 heavy (non-hydrogen) atoms. The summed E-state index contributed by atoms with van der Waals surface area (Å²) in [4.78, 5) is 11.0. The van der Waals surface area contributed by atoms with E-state index in [2.05, 4.69) is 32.3 Å². The minimum atomic E-state index is 0.765. The van der Waals surface area contributed by atoms with Crippen molar-refractivity contribution in [2.24, 2.45) is 7.05 Å². The summed E-state index contributed by atoms with van der Waals surface area (Å²) >= 11 is 0. The van der Waals surface area contributed by atoms with Crippen LogP contribution in [0.4, 0.5) is 11.5 Å². The van der Waals surface area contributed by atoms with E-state index in [1.54, 1.807) is 0 Å². The topological polar surface area (TPSA) is 46.0 Å². The van der Waals surface area contributed by atoms with Crippen LogP contribution in [0.1, 0.15) is 25.0 Å². The molecule has 5 heteroatoms. The van der Waals surface area contributed by atoms with Gasteiger partial charge in [0.25, 0.3) is 0 Å². The standard InChI is InChI=1S/C15H21N5/c1-19-12-16-10-14(19)11-17-13-5-6-15(18-9-13)20-7-3-2-4-8-20/h5-6,9-10,12,17H,2-4,7-8,11H2,1H3. The molecule has 0 atom stereocenters. The lowest BCUT2D eigenvalue weighted by atomic mass is 10.1. The molecule has 1 aliphatic rings.